The summed E-state index contributed by atoms with van der Waals surface area (Å²) >= 11 is 0. The van der Waals surface area contributed by atoms with Crippen LogP contribution in [-0.4, -0.2) is 48.6 Å². The van der Waals surface area contributed by atoms with Gasteiger partial charge >= 0.3 is 0 Å². The van der Waals surface area contributed by atoms with Crippen LogP contribution < -0.4 is 4.74 Å². The van der Waals surface area contributed by atoms with Gasteiger partial charge in [0.1, 0.15) is 11.5 Å². The Morgan fingerprint density at radius 2 is 1.83 bits per heavy atom. The Labute approximate surface area is 170 Å². The molecule has 1 atom stereocenters. The van der Waals surface area contributed by atoms with Crippen LogP contribution in [0.5, 0.6) is 5.75 Å². The molecule has 1 amide bonds. The maximum atomic E-state index is 12.9. The van der Waals surface area contributed by atoms with Crippen LogP contribution in [0.2, 0.25) is 0 Å². The van der Waals surface area contributed by atoms with Crippen LogP contribution in [0, 0.1) is 0 Å². The summed E-state index contributed by atoms with van der Waals surface area (Å²) in [7, 11) is 1.54. The maximum Gasteiger partial charge on any atom is 0.295 e. The van der Waals surface area contributed by atoms with Gasteiger partial charge in [-0.3, -0.25) is 9.59 Å². The number of Topliss-reactive ketones (excluding diaryl/α,β-unsaturated/α-hetero) is 1. The van der Waals surface area contributed by atoms with Gasteiger partial charge in [0, 0.05) is 19.2 Å². The first-order valence-corrected chi connectivity index (χ1v) is 9.64. The van der Waals surface area contributed by atoms with Gasteiger partial charge in [-0.15, -0.1) is 0 Å². The molecule has 0 aliphatic carbocycles. The Kier molecular flexibility index (Phi) is 6.67. The van der Waals surface area contributed by atoms with E-state index in [0.29, 0.717) is 23.5 Å². The smallest absolute Gasteiger partial charge is 0.295 e. The average Bonchev–Trinajstić information content (AvgIpc) is 3.01. The van der Waals surface area contributed by atoms with Gasteiger partial charge in [0.05, 0.1) is 24.8 Å². The number of methoxy groups -OCH3 is 1. The fraction of sp³-hybridized carbons (Fsp3) is 0.304. The number of ketones is 1. The Balaban J connectivity index is 2.11. The molecule has 1 aliphatic rings. The lowest BCUT2D eigenvalue weighted by Gasteiger charge is -2.25. The lowest BCUT2D eigenvalue weighted by molar-refractivity contribution is -0.140. The van der Waals surface area contributed by atoms with Crippen molar-refractivity contribution in [2.45, 2.75) is 19.4 Å². The zero-order valence-electron chi connectivity index (χ0n) is 16.6. The second-order valence-corrected chi connectivity index (χ2v) is 6.77. The second-order valence-electron chi connectivity index (χ2n) is 6.77. The van der Waals surface area contributed by atoms with Crippen molar-refractivity contribution in [3.8, 4) is 5.75 Å². The number of ether oxygens (including phenoxy) is 2. The van der Waals surface area contributed by atoms with Crippen LogP contribution >= 0.6 is 0 Å². The number of rotatable bonds is 8. The Hall–Kier alpha value is -3.12. The number of aliphatic hydroxyl groups is 1. The number of carbonyl (C=O) groups is 2. The minimum absolute atomic E-state index is 0.0740. The molecule has 1 heterocycles. The molecule has 6 heteroatoms. The lowest BCUT2D eigenvalue weighted by Crippen LogP contribution is -2.32. The molecule has 1 aliphatic heterocycles. The minimum atomic E-state index is -0.712. The zero-order chi connectivity index (χ0) is 20.8. The third-order valence-electron chi connectivity index (χ3n) is 4.77. The molecule has 2 aromatic carbocycles. The molecule has 6 nitrogen and oxygen atoms in total. The van der Waals surface area contributed by atoms with Crippen LogP contribution in [0.25, 0.3) is 5.76 Å². The van der Waals surface area contributed by atoms with E-state index < -0.39 is 17.7 Å². The molecule has 2 aromatic rings. The summed E-state index contributed by atoms with van der Waals surface area (Å²) < 4.78 is 10.8. The Morgan fingerprint density at radius 3 is 2.52 bits per heavy atom. The molecule has 1 saturated heterocycles. The number of aliphatic hydroxyl groups excluding tert-OH is 1. The summed E-state index contributed by atoms with van der Waals surface area (Å²) in [5.74, 6) is -0.883. The van der Waals surface area contributed by atoms with E-state index in [1.807, 2.05) is 37.3 Å². The van der Waals surface area contributed by atoms with Gasteiger partial charge in [-0.1, -0.05) is 49.4 Å². The predicted molar refractivity (Wildman–Crippen MR) is 110 cm³/mol. The number of carbonyl (C=O) groups excluding carboxylic acids is 2. The van der Waals surface area contributed by atoms with Crippen molar-refractivity contribution in [3.63, 3.8) is 0 Å². The summed E-state index contributed by atoms with van der Waals surface area (Å²) in [6.07, 6.45) is 0.866. The topological polar surface area (TPSA) is 76.1 Å². The van der Waals surface area contributed by atoms with Crippen molar-refractivity contribution in [2.24, 2.45) is 0 Å². The number of nitrogens with zero attached hydrogens (tertiary/aromatic N) is 1. The molecular formula is C23H25NO5. The zero-order valence-corrected chi connectivity index (χ0v) is 16.6. The Morgan fingerprint density at radius 1 is 1.07 bits per heavy atom. The normalized spacial score (nSPS) is 18.3. The van der Waals surface area contributed by atoms with E-state index in [1.54, 1.807) is 24.3 Å². The molecule has 1 unspecified atom stereocenters. The van der Waals surface area contributed by atoms with Crippen molar-refractivity contribution in [3.05, 3.63) is 71.3 Å². The fourth-order valence-corrected chi connectivity index (χ4v) is 3.39. The molecule has 152 valence electrons. The predicted octanol–water partition coefficient (Wildman–Crippen LogP) is 3.54. The van der Waals surface area contributed by atoms with Gasteiger partial charge in [-0.25, -0.2) is 0 Å². The summed E-state index contributed by atoms with van der Waals surface area (Å²) in [5, 5.41) is 10.9. The van der Waals surface area contributed by atoms with E-state index in [-0.39, 0.29) is 24.5 Å². The molecule has 0 bridgehead atoms. The van der Waals surface area contributed by atoms with E-state index in [1.165, 1.54) is 12.0 Å². The first-order chi connectivity index (χ1) is 14.1. The van der Waals surface area contributed by atoms with E-state index in [0.717, 1.165) is 6.42 Å². The highest BCUT2D eigenvalue weighted by Gasteiger charge is 2.45. The van der Waals surface area contributed by atoms with E-state index in [2.05, 4.69) is 0 Å². The van der Waals surface area contributed by atoms with Crippen molar-refractivity contribution >= 4 is 17.4 Å². The SMILES string of the molecule is CCCOc1cccc(C2/C(=C(\O)c3ccccc3)C(=O)C(=O)N2CCOC)c1. The lowest BCUT2D eigenvalue weighted by atomic mass is 9.95. The third kappa shape index (κ3) is 4.32. The first-order valence-electron chi connectivity index (χ1n) is 9.64. The van der Waals surface area contributed by atoms with Crippen molar-refractivity contribution < 1.29 is 24.2 Å². The highest BCUT2D eigenvalue weighted by molar-refractivity contribution is 6.46. The van der Waals surface area contributed by atoms with Gasteiger partial charge < -0.3 is 19.5 Å². The number of hydrogen-bond acceptors (Lipinski definition) is 5. The van der Waals surface area contributed by atoms with E-state index in [9.17, 15) is 14.7 Å². The molecule has 0 saturated carbocycles. The summed E-state index contributed by atoms with van der Waals surface area (Å²) in [6, 6.07) is 15.3. The molecule has 1 fully saturated rings. The van der Waals surface area contributed by atoms with Gasteiger partial charge in [0.25, 0.3) is 11.7 Å². The number of likely N-dealkylation sites (tertiary alicyclic amines) is 1. The molecule has 1 N–H and O–H groups in total. The molecule has 29 heavy (non-hydrogen) atoms. The number of hydrogen-bond donors (Lipinski definition) is 1. The molecule has 3 rings (SSSR count). The molecule has 0 aromatic heterocycles. The molecule has 0 spiro atoms. The van der Waals surface area contributed by atoms with Crippen LogP contribution in [0.3, 0.4) is 0 Å². The first kappa shape index (κ1) is 20.6. The van der Waals surface area contributed by atoms with Gasteiger partial charge in [0.2, 0.25) is 0 Å². The number of amides is 1. The highest BCUT2D eigenvalue weighted by Crippen LogP contribution is 2.40. The summed E-state index contributed by atoms with van der Waals surface area (Å²) in [6.45, 7) is 3.10. The second kappa shape index (κ2) is 9.39. The fourth-order valence-electron chi connectivity index (χ4n) is 3.39. The van der Waals surface area contributed by atoms with Crippen LogP contribution in [0.1, 0.15) is 30.5 Å². The van der Waals surface area contributed by atoms with Crippen molar-refractivity contribution in [2.75, 3.05) is 26.9 Å². The third-order valence-corrected chi connectivity index (χ3v) is 4.77. The summed E-state index contributed by atoms with van der Waals surface area (Å²) in [4.78, 5) is 27.0. The maximum absolute atomic E-state index is 12.9. The largest absolute Gasteiger partial charge is 0.507 e. The summed E-state index contributed by atoms with van der Waals surface area (Å²) in [5.41, 5.74) is 1.26. The molecule has 0 radical (unpaired) electrons. The quantitative estimate of drug-likeness (QED) is 0.420. The van der Waals surface area contributed by atoms with Crippen LogP contribution in [-0.2, 0) is 14.3 Å². The van der Waals surface area contributed by atoms with E-state index >= 15 is 0 Å². The Bertz CT molecular complexity index is 906. The monoisotopic (exact) mass is 395 g/mol. The van der Waals surface area contributed by atoms with Crippen LogP contribution in [0.15, 0.2) is 60.2 Å². The van der Waals surface area contributed by atoms with Crippen molar-refractivity contribution in [1.82, 2.24) is 4.90 Å². The van der Waals surface area contributed by atoms with Gasteiger partial charge in [-0.2, -0.15) is 0 Å². The number of benzene rings is 2. The standard InChI is InChI=1S/C23H25NO5/c1-3-13-29-18-11-7-10-17(15-18)20-19(21(25)16-8-5-4-6-9-16)22(26)23(27)24(20)12-14-28-2/h4-11,15,20,25H,3,12-14H2,1-2H3/b21-19+. The van der Waals surface area contributed by atoms with E-state index in [4.69, 9.17) is 9.47 Å². The van der Waals surface area contributed by atoms with Gasteiger partial charge in [0.15, 0.2) is 0 Å². The highest BCUT2D eigenvalue weighted by atomic mass is 16.5. The van der Waals surface area contributed by atoms with Crippen LogP contribution in [0.4, 0.5) is 0 Å². The molecular weight excluding hydrogens is 370 g/mol. The van der Waals surface area contributed by atoms with Gasteiger partial charge in [-0.05, 0) is 24.1 Å². The average molecular weight is 395 g/mol. The minimum Gasteiger partial charge on any atom is -0.507 e. The van der Waals surface area contributed by atoms with Crippen molar-refractivity contribution in [1.29, 1.82) is 0 Å².